The van der Waals surface area contributed by atoms with Gasteiger partial charge in [0.25, 0.3) is 10.0 Å². The molecule has 9 nitrogen and oxygen atoms in total. The van der Waals surface area contributed by atoms with Gasteiger partial charge in [-0.1, -0.05) is 25.1 Å². The van der Waals surface area contributed by atoms with E-state index in [-0.39, 0.29) is 22.7 Å². The molecule has 0 radical (unpaired) electrons. The molecule has 1 saturated heterocycles. The highest BCUT2D eigenvalue weighted by Gasteiger charge is 2.27. The molecular weight excluding hydrogens is 488 g/mol. The number of nitrogens with zero attached hydrogens (tertiary/aromatic N) is 5. The Hall–Kier alpha value is -3.92. The summed E-state index contributed by atoms with van der Waals surface area (Å²) in [7, 11) is -3.75. The van der Waals surface area contributed by atoms with Crippen LogP contribution in [0.1, 0.15) is 25.5 Å². The summed E-state index contributed by atoms with van der Waals surface area (Å²) < 4.78 is 29.9. The Balaban J connectivity index is 1.23. The van der Waals surface area contributed by atoms with E-state index in [4.69, 9.17) is 0 Å². The Morgan fingerprint density at radius 3 is 2.46 bits per heavy atom. The first kappa shape index (κ1) is 24.8. The number of para-hydroxylation sites is 1. The predicted octanol–water partition coefficient (Wildman–Crippen LogP) is 3.70. The quantitative estimate of drug-likeness (QED) is 0.400. The number of piperazine rings is 1. The predicted molar refractivity (Wildman–Crippen MR) is 144 cm³/mol. The lowest BCUT2D eigenvalue weighted by atomic mass is 10.1. The van der Waals surface area contributed by atoms with Gasteiger partial charge in [0.2, 0.25) is 5.91 Å². The van der Waals surface area contributed by atoms with E-state index in [9.17, 15) is 13.2 Å². The average Bonchev–Trinajstić information content (AvgIpc) is 3.37. The fourth-order valence-electron chi connectivity index (χ4n) is 4.86. The van der Waals surface area contributed by atoms with Crippen LogP contribution in [0.2, 0.25) is 0 Å². The van der Waals surface area contributed by atoms with Crippen molar-refractivity contribution in [2.45, 2.75) is 31.2 Å². The van der Waals surface area contributed by atoms with Crippen molar-refractivity contribution in [3.63, 3.8) is 0 Å². The molecule has 192 valence electrons. The Morgan fingerprint density at radius 2 is 1.78 bits per heavy atom. The molecule has 10 heteroatoms. The normalized spacial score (nSPS) is 15.1. The first-order valence-electron chi connectivity index (χ1n) is 12.4. The van der Waals surface area contributed by atoms with Crippen LogP contribution < -0.4 is 9.62 Å². The van der Waals surface area contributed by atoms with Gasteiger partial charge in [-0.2, -0.15) is 0 Å². The first-order chi connectivity index (χ1) is 17.9. The zero-order chi connectivity index (χ0) is 26.0. The molecule has 0 aliphatic carbocycles. The molecule has 2 aromatic carbocycles. The Kier molecular flexibility index (Phi) is 6.84. The van der Waals surface area contributed by atoms with Gasteiger partial charge >= 0.3 is 0 Å². The summed E-state index contributed by atoms with van der Waals surface area (Å²) in [6.45, 7) is 6.67. The highest BCUT2D eigenvalue weighted by Crippen LogP contribution is 2.26. The Morgan fingerprint density at radius 1 is 1.03 bits per heavy atom. The van der Waals surface area contributed by atoms with Crippen molar-refractivity contribution in [3.8, 4) is 0 Å². The number of fused-ring (bicyclic) bond motifs is 1. The largest absolute Gasteiger partial charge is 0.368 e. The fraction of sp³-hybridized carbons (Fsp3) is 0.296. The summed E-state index contributed by atoms with van der Waals surface area (Å²) >= 11 is 0. The number of aryl methyl sites for hydroxylation is 1. The Bertz CT molecular complexity index is 1490. The summed E-state index contributed by atoms with van der Waals surface area (Å²) in [5.41, 5.74) is 3.29. The van der Waals surface area contributed by atoms with Crippen LogP contribution in [0.4, 0.5) is 11.5 Å². The van der Waals surface area contributed by atoms with E-state index in [2.05, 4.69) is 55.3 Å². The maximum absolute atomic E-state index is 13.4. The number of anilines is 2. The van der Waals surface area contributed by atoms with E-state index in [0.717, 1.165) is 23.0 Å². The lowest BCUT2D eigenvalue weighted by molar-refractivity contribution is -0.134. The highest BCUT2D eigenvalue weighted by molar-refractivity contribution is 7.92. The third-order valence-corrected chi connectivity index (χ3v) is 8.27. The molecule has 1 fully saturated rings. The zero-order valence-electron chi connectivity index (χ0n) is 20.9. The van der Waals surface area contributed by atoms with Gasteiger partial charge in [0.05, 0.1) is 10.4 Å². The fourth-order valence-corrected chi connectivity index (χ4v) is 5.86. The van der Waals surface area contributed by atoms with Crippen molar-refractivity contribution >= 4 is 38.3 Å². The molecule has 5 rings (SSSR count). The molecule has 0 spiro atoms. The SMILES string of the molecule is CCc1cccc2ccn(C(C)C(=O)N3CCN(c4ccc(S(=O)(=O)Nc5ccncn5)cc4)CC3)c12. The molecule has 37 heavy (non-hydrogen) atoms. The monoisotopic (exact) mass is 518 g/mol. The van der Waals surface area contributed by atoms with Gasteiger partial charge in [-0.25, -0.2) is 18.4 Å². The second-order valence-electron chi connectivity index (χ2n) is 9.11. The molecule has 0 bridgehead atoms. The van der Waals surface area contributed by atoms with Crippen LogP contribution >= 0.6 is 0 Å². The third kappa shape index (κ3) is 5.01. The lowest BCUT2D eigenvalue weighted by Crippen LogP contribution is -2.50. The minimum absolute atomic E-state index is 0.111. The standard InChI is InChI=1S/C27H30N6O3S/c1-3-21-5-4-6-22-12-14-33(26(21)22)20(2)27(34)32-17-15-31(16-18-32)23-7-9-24(10-8-23)37(35,36)30-25-11-13-28-19-29-25/h4-14,19-20H,3,15-18H2,1-2H3,(H,28,29,30). The number of carbonyl (C=O) groups excluding carboxylic acids is 1. The van der Waals surface area contributed by atoms with Crippen LogP contribution in [-0.2, 0) is 21.2 Å². The number of benzene rings is 2. The summed E-state index contributed by atoms with van der Waals surface area (Å²) in [5, 5.41) is 1.15. The zero-order valence-corrected chi connectivity index (χ0v) is 21.7. The van der Waals surface area contributed by atoms with Gasteiger partial charge in [-0.15, -0.1) is 0 Å². The van der Waals surface area contributed by atoms with Crippen LogP contribution in [0.15, 0.2) is 78.2 Å². The number of rotatable bonds is 7. The Labute approximate surface area is 216 Å². The maximum Gasteiger partial charge on any atom is 0.263 e. The van der Waals surface area contributed by atoms with Crippen molar-refractivity contribution in [1.82, 2.24) is 19.4 Å². The molecule has 4 aromatic rings. The molecule has 1 unspecified atom stereocenters. The van der Waals surface area contributed by atoms with Crippen molar-refractivity contribution < 1.29 is 13.2 Å². The molecule has 1 aliphatic heterocycles. The molecule has 1 aliphatic rings. The molecule has 0 saturated carbocycles. The number of carbonyl (C=O) groups is 1. The minimum atomic E-state index is -3.75. The third-order valence-electron chi connectivity index (χ3n) is 6.90. The van der Waals surface area contributed by atoms with Gasteiger partial charge < -0.3 is 14.4 Å². The number of nitrogens with one attached hydrogen (secondary N) is 1. The van der Waals surface area contributed by atoms with Crippen molar-refractivity contribution in [1.29, 1.82) is 0 Å². The van der Waals surface area contributed by atoms with E-state index < -0.39 is 10.0 Å². The number of aromatic nitrogens is 3. The van der Waals surface area contributed by atoms with Crippen molar-refractivity contribution in [2.75, 3.05) is 35.8 Å². The van der Waals surface area contributed by atoms with E-state index in [1.165, 1.54) is 24.2 Å². The van der Waals surface area contributed by atoms with Crippen LogP contribution in [0, 0.1) is 0 Å². The smallest absolute Gasteiger partial charge is 0.263 e. The first-order valence-corrected chi connectivity index (χ1v) is 13.9. The maximum atomic E-state index is 13.4. The van der Waals surface area contributed by atoms with Gasteiger partial charge in [0.15, 0.2) is 0 Å². The van der Waals surface area contributed by atoms with Gasteiger partial charge in [-0.05, 0) is 60.7 Å². The summed E-state index contributed by atoms with van der Waals surface area (Å²) in [5.74, 6) is 0.327. The van der Waals surface area contributed by atoms with Crippen molar-refractivity contribution in [3.05, 3.63) is 78.9 Å². The molecule has 1 atom stereocenters. The van der Waals surface area contributed by atoms with Crippen molar-refractivity contribution in [2.24, 2.45) is 0 Å². The van der Waals surface area contributed by atoms with Gasteiger partial charge in [0, 0.05) is 44.3 Å². The number of amides is 1. The topological polar surface area (TPSA) is 100 Å². The number of hydrogen-bond donors (Lipinski definition) is 1. The van der Waals surface area contributed by atoms with Crippen LogP contribution in [0.25, 0.3) is 10.9 Å². The van der Waals surface area contributed by atoms with Gasteiger partial charge in [-0.3, -0.25) is 9.52 Å². The lowest BCUT2D eigenvalue weighted by Gasteiger charge is -2.37. The molecule has 1 N–H and O–H groups in total. The van der Waals surface area contributed by atoms with Crippen LogP contribution in [0.5, 0.6) is 0 Å². The minimum Gasteiger partial charge on any atom is -0.368 e. The van der Waals surface area contributed by atoms with E-state index in [1.54, 1.807) is 24.3 Å². The van der Waals surface area contributed by atoms with E-state index in [0.29, 0.717) is 26.2 Å². The number of hydrogen-bond acceptors (Lipinski definition) is 6. The molecule has 3 heterocycles. The van der Waals surface area contributed by atoms with Crippen LogP contribution in [-0.4, -0.2) is 59.9 Å². The van der Waals surface area contributed by atoms with Crippen LogP contribution in [0.3, 0.4) is 0 Å². The average molecular weight is 519 g/mol. The second kappa shape index (κ2) is 10.2. The molecule has 1 amide bonds. The summed E-state index contributed by atoms with van der Waals surface area (Å²) in [4.78, 5) is 25.3. The highest BCUT2D eigenvalue weighted by atomic mass is 32.2. The second-order valence-corrected chi connectivity index (χ2v) is 10.8. The molecular formula is C27H30N6O3S. The molecule has 2 aromatic heterocycles. The summed E-state index contributed by atoms with van der Waals surface area (Å²) in [6.07, 6.45) is 5.69. The summed E-state index contributed by atoms with van der Waals surface area (Å²) in [6, 6.07) is 16.3. The van der Waals surface area contributed by atoms with E-state index in [1.807, 2.05) is 18.0 Å². The van der Waals surface area contributed by atoms with E-state index >= 15 is 0 Å². The van der Waals surface area contributed by atoms with Gasteiger partial charge in [0.1, 0.15) is 18.2 Å². The number of sulfonamides is 1.